The zero-order chi connectivity index (χ0) is 13.0. The van der Waals surface area contributed by atoms with Crippen molar-refractivity contribution < 1.29 is 4.42 Å². The predicted molar refractivity (Wildman–Crippen MR) is 77.3 cm³/mol. The summed E-state index contributed by atoms with van der Waals surface area (Å²) in [4.78, 5) is 2.73. The van der Waals surface area contributed by atoms with Crippen LogP contribution >= 0.6 is 11.3 Å². The molecule has 0 saturated heterocycles. The topological polar surface area (TPSA) is 25.2 Å². The van der Waals surface area contributed by atoms with Crippen molar-refractivity contribution >= 4 is 11.3 Å². The van der Waals surface area contributed by atoms with Crippen LogP contribution in [0.2, 0.25) is 0 Å². The minimum Gasteiger partial charge on any atom is -0.469 e. The molecule has 2 aromatic heterocycles. The van der Waals surface area contributed by atoms with Gasteiger partial charge in [0.2, 0.25) is 0 Å². The maximum Gasteiger partial charge on any atom is 0.108 e. The number of hydrogen-bond donors (Lipinski definition) is 1. The van der Waals surface area contributed by atoms with Crippen LogP contribution in [0.3, 0.4) is 0 Å². The Morgan fingerprint density at radius 3 is 2.72 bits per heavy atom. The number of hydrogen-bond acceptors (Lipinski definition) is 3. The number of thiophene rings is 1. The Labute approximate surface area is 113 Å². The zero-order valence-electron chi connectivity index (χ0n) is 11.3. The van der Waals surface area contributed by atoms with Gasteiger partial charge in [0.25, 0.3) is 0 Å². The summed E-state index contributed by atoms with van der Waals surface area (Å²) in [6.07, 6.45) is 3.88. The second kappa shape index (κ2) is 6.21. The maximum absolute atomic E-state index is 5.57. The van der Waals surface area contributed by atoms with E-state index in [1.807, 2.05) is 11.3 Å². The Bertz CT molecular complexity index is 486. The van der Waals surface area contributed by atoms with E-state index in [2.05, 4.69) is 44.3 Å². The second-order valence-corrected chi connectivity index (χ2v) is 5.81. The van der Waals surface area contributed by atoms with Gasteiger partial charge in [-0.3, -0.25) is 0 Å². The van der Waals surface area contributed by atoms with E-state index >= 15 is 0 Å². The summed E-state index contributed by atoms with van der Waals surface area (Å²) in [7, 11) is 0. The van der Waals surface area contributed by atoms with Crippen molar-refractivity contribution in [2.75, 3.05) is 6.54 Å². The van der Waals surface area contributed by atoms with Crippen LogP contribution in [0.1, 0.15) is 47.4 Å². The van der Waals surface area contributed by atoms with Crippen LogP contribution in [0.15, 0.2) is 28.9 Å². The molecule has 2 nitrogen and oxygen atoms in total. The Hall–Kier alpha value is -1.06. The van der Waals surface area contributed by atoms with Gasteiger partial charge in [0.1, 0.15) is 5.76 Å². The van der Waals surface area contributed by atoms with E-state index in [1.165, 1.54) is 15.3 Å². The first-order chi connectivity index (χ1) is 8.76. The maximum atomic E-state index is 5.57. The molecule has 2 aromatic rings. The van der Waals surface area contributed by atoms with Crippen molar-refractivity contribution in [1.82, 2.24) is 5.32 Å². The van der Waals surface area contributed by atoms with Gasteiger partial charge in [-0.15, -0.1) is 11.3 Å². The third kappa shape index (κ3) is 2.85. The summed E-state index contributed by atoms with van der Waals surface area (Å²) in [6, 6.07) is 6.78. The highest BCUT2D eigenvalue weighted by Crippen LogP contribution is 2.31. The molecule has 0 aliphatic rings. The van der Waals surface area contributed by atoms with Crippen LogP contribution in [0, 0.1) is 6.92 Å². The molecule has 0 radical (unpaired) electrons. The minimum absolute atomic E-state index is 0.275. The Balaban J connectivity index is 2.30. The Kier molecular flexibility index (Phi) is 4.61. The molecule has 98 valence electrons. The zero-order valence-corrected chi connectivity index (χ0v) is 12.1. The summed E-state index contributed by atoms with van der Waals surface area (Å²) in [5, 5.41) is 3.63. The van der Waals surface area contributed by atoms with E-state index in [0.29, 0.717) is 0 Å². The molecule has 0 aliphatic heterocycles. The van der Waals surface area contributed by atoms with Crippen molar-refractivity contribution in [3.8, 4) is 0 Å². The molecule has 0 fully saturated rings. The first-order valence-corrected chi connectivity index (χ1v) is 7.43. The van der Waals surface area contributed by atoms with Gasteiger partial charge in [0, 0.05) is 21.7 Å². The van der Waals surface area contributed by atoms with Crippen molar-refractivity contribution in [3.05, 3.63) is 45.5 Å². The molecule has 3 heteroatoms. The smallest absolute Gasteiger partial charge is 0.108 e. The van der Waals surface area contributed by atoms with Crippen molar-refractivity contribution in [1.29, 1.82) is 0 Å². The normalized spacial score (nSPS) is 12.8. The molecule has 2 heterocycles. The van der Waals surface area contributed by atoms with Gasteiger partial charge in [0.05, 0.1) is 12.3 Å². The molecule has 0 spiro atoms. The molecule has 0 aliphatic carbocycles. The molecule has 0 aromatic carbocycles. The molecule has 0 amide bonds. The van der Waals surface area contributed by atoms with Crippen LogP contribution in [0.25, 0.3) is 0 Å². The molecule has 2 rings (SSSR count). The highest BCUT2D eigenvalue weighted by Gasteiger charge is 2.19. The summed E-state index contributed by atoms with van der Waals surface area (Å²) in [5.41, 5.74) is 1.28. The highest BCUT2D eigenvalue weighted by molar-refractivity contribution is 7.12. The van der Waals surface area contributed by atoms with Gasteiger partial charge in [-0.05, 0) is 38.1 Å². The number of nitrogens with one attached hydrogen (secondary N) is 1. The standard InChI is InChI=1S/C15H21NOS/c1-4-9-16-15(14-7-6-11(3)18-14)12-8-10-17-13(12)5-2/h6-8,10,15-16H,4-5,9H2,1-3H3. The number of aryl methyl sites for hydroxylation is 2. The SMILES string of the molecule is CCCNC(c1ccc(C)s1)c1ccoc1CC. The average Bonchev–Trinajstić information content (AvgIpc) is 2.99. The van der Waals surface area contributed by atoms with E-state index in [9.17, 15) is 0 Å². The second-order valence-electron chi connectivity index (χ2n) is 4.49. The largest absolute Gasteiger partial charge is 0.469 e. The lowest BCUT2D eigenvalue weighted by atomic mass is 10.0. The molecule has 1 atom stereocenters. The van der Waals surface area contributed by atoms with Gasteiger partial charge in [-0.2, -0.15) is 0 Å². The average molecular weight is 263 g/mol. The third-order valence-electron chi connectivity index (χ3n) is 3.06. The van der Waals surface area contributed by atoms with E-state index in [0.717, 1.165) is 25.1 Å². The minimum atomic E-state index is 0.275. The lowest BCUT2D eigenvalue weighted by molar-refractivity contribution is 0.501. The van der Waals surface area contributed by atoms with E-state index in [1.54, 1.807) is 6.26 Å². The predicted octanol–water partition coefficient (Wildman–Crippen LogP) is 4.30. The molecule has 1 N–H and O–H groups in total. The molecular formula is C15H21NOS. The van der Waals surface area contributed by atoms with E-state index in [4.69, 9.17) is 4.42 Å². The number of rotatable bonds is 6. The highest BCUT2D eigenvalue weighted by atomic mass is 32.1. The monoisotopic (exact) mass is 263 g/mol. The summed E-state index contributed by atoms with van der Waals surface area (Å²) in [6.45, 7) is 7.51. The summed E-state index contributed by atoms with van der Waals surface area (Å²) < 4.78 is 5.57. The van der Waals surface area contributed by atoms with Crippen LogP contribution in [-0.2, 0) is 6.42 Å². The fourth-order valence-electron chi connectivity index (χ4n) is 2.16. The van der Waals surface area contributed by atoms with Crippen molar-refractivity contribution in [2.24, 2.45) is 0 Å². The lowest BCUT2D eigenvalue weighted by Crippen LogP contribution is -2.22. The Morgan fingerprint density at radius 2 is 2.11 bits per heavy atom. The summed E-state index contributed by atoms with van der Waals surface area (Å²) >= 11 is 1.86. The van der Waals surface area contributed by atoms with Gasteiger partial charge >= 0.3 is 0 Å². The van der Waals surface area contributed by atoms with Gasteiger partial charge in [-0.1, -0.05) is 13.8 Å². The Morgan fingerprint density at radius 1 is 1.28 bits per heavy atom. The molecule has 1 unspecified atom stereocenters. The fraction of sp³-hybridized carbons (Fsp3) is 0.467. The van der Waals surface area contributed by atoms with Crippen molar-refractivity contribution in [2.45, 2.75) is 39.7 Å². The number of furan rings is 1. The quantitative estimate of drug-likeness (QED) is 0.840. The molecule has 0 bridgehead atoms. The van der Waals surface area contributed by atoms with Crippen LogP contribution in [0.5, 0.6) is 0 Å². The lowest BCUT2D eigenvalue weighted by Gasteiger charge is -2.17. The van der Waals surface area contributed by atoms with E-state index < -0.39 is 0 Å². The van der Waals surface area contributed by atoms with Gasteiger partial charge in [-0.25, -0.2) is 0 Å². The van der Waals surface area contributed by atoms with Crippen LogP contribution < -0.4 is 5.32 Å². The first-order valence-electron chi connectivity index (χ1n) is 6.62. The molecule has 0 saturated carbocycles. The van der Waals surface area contributed by atoms with Crippen LogP contribution in [0.4, 0.5) is 0 Å². The fourth-order valence-corrected chi connectivity index (χ4v) is 3.13. The van der Waals surface area contributed by atoms with Crippen LogP contribution in [-0.4, -0.2) is 6.54 Å². The third-order valence-corrected chi connectivity index (χ3v) is 4.12. The van der Waals surface area contributed by atoms with E-state index in [-0.39, 0.29) is 6.04 Å². The molecular weight excluding hydrogens is 242 g/mol. The van der Waals surface area contributed by atoms with Gasteiger partial charge < -0.3 is 9.73 Å². The summed E-state index contributed by atoms with van der Waals surface area (Å²) in [5.74, 6) is 1.09. The van der Waals surface area contributed by atoms with Crippen molar-refractivity contribution in [3.63, 3.8) is 0 Å². The van der Waals surface area contributed by atoms with Gasteiger partial charge in [0.15, 0.2) is 0 Å². The molecule has 18 heavy (non-hydrogen) atoms. The first kappa shape index (κ1) is 13.4.